The maximum atomic E-state index is 12.9. The molecule has 0 unspecified atom stereocenters. The van der Waals surface area contributed by atoms with Crippen LogP contribution >= 0.6 is 0 Å². The number of carbonyl (C=O) groups is 1. The summed E-state index contributed by atoms with van der Waals surface area (Å²) in [6.45, 7) is 0.820. The van der Waals surface area contributed by atoms with Gasteiger partial charge in [0.2, 0.25) is 0 Å². The summed E-state index contributed by atoms with van der Waals surface area (Å²) in [5, 5.41) is 0.538. The smallest absolute Gasteiger partial charge is 0.338 e. The molecule has 0 saturated heterocycles. The molecule has 1 aliphatic rings. The van der Waals surface area contributed by atoms with Gasteiger partial charge in [0.05, 0.1) is 23.6 Å². The molecule has 29 heavy (non-hydrogen) atoms. The van der Waals surface area contributed by atoms with Crippen LogP contribution in [-0.2, 0) is 24.3 Å². The molecule has 1 aromatic heterocycles. The van der Waals surface area contributed by atoms with E-state index in [-0.39, 0.29) is 12.2 Å². The van der Waals surface area contributed by atoms with E-state index in [2.05, 4.69) is 0 Å². The van der Waals surface area contributed by atoms with Gasteiger partial charge in [-0.1, -0.05) is 31.0 Å². The van der Waals surface area contributed by atoms with Gasteiger partial charge in [0.25, 0.3) is 5.56 Å². The number of benzene rings is 2. The van der Waals surface area contributed by atoms with Crippen molar-refractivity contribution in [2.24, 2.45) is 0 Å². The highest BCUT2D eigenvalue weighted by atomic mass is 16.5. The van der Waals surface area contributed by atoms with Crippen molar-refractivity contribution in [3.63, 3.8) is 0 Å². The predicted octanol–water partition coefficient (Wildman–Crippen LogP) is 3.88. The third-order valence-corrected chi connectivity index (χ3v) is 5.35. The first-order chi connectivity index (χ1) is 14.2. The molecule has 6 heteroatoms. The average molecular weight is 392 g/mol. The van der Waals surface area contributed by atoms with Crippen molar-refractivity contribution in [2.75, 3.05) is 7.11 Å². The maximum Gasteiger partial charge on any atom is 0.338 e. The summed E-state index contributed by atoms with van der Waals surface area (Å²) < 4.78 is 12.5. The molecule has 3 aromatic rings. The van der Waals surface area contributed by atoms with E-state index in [1.807, 2.05) is 24.3 Å². The SMILES string of the molecule is COc1ccccc1COC(=O)c1ccc2c(=O)n3c(nc2c1)CCCCCC3. The van der Waals surface area contributed by atoms with E-state index in [0.717, 1.165) is 43.5 Å². The lowest BCUT2D eigenvalue weighted by Crippen LogP contribution is -2.26. The Balaban J connectivity index is 1.60. The number of hydrogen-bond acceptors (Lipinski definition) is 5. The molecule has 6 nitrogen and oxygen atoms in total. The van der Waals surface area contributed by atoms with Crippen LogP contribution in [0.15, 0.2) is 47.3 Å². The molecule has 150 valence electrons. The number of esters is 1. The second-order valence-corrected chi connectivity index (χ2v) is 7.27. The first-order valence-electron chi connectivity index (χ1n) is 10.00. The summed E-state index contributed by atoms with van der Waals surface area (Å²) in [5.74, 6) is 1.03. The molecule has 0 saturated carbocycles. The summed E-state index contributed by atoms with van der Waals surface area (Å²) in [6, 6.07) is 12.4. The standard InChI is InChI=1S/C23H24N2O4/c1-28-20-9-6-5-8-17(20)15-29-23(27)16-11-12-18-19(14-16)24-21-10-4-2-3-7-13-25(21)22(18)26/h5-6,8-9,11-12,14H,2-4,7,10,13,15H2,1H3. The lowest BCUT2D eigenvalue weighted by Gasteiger charge is -2.16. The largest absolute Gasteiger partial charge is 0.496 e. The van der Waals surface area contributed by atoms with Crippen LogP contribution in [0.2, 0.25) is 0 Å². The molecular formula is C23H24N2O4. The van der Waals surface area contributed by atoms with Crippen LogP contribution in [0.4, 0.5) is 0 Å². The summed E-state index contributed by atoms with van der Waals surface area (Å²) in [6.07, 6.45) is 5.10. The van der Waals surface area contributed by atoms with Gasteiger partial charge in [-0.25, -0.2) is 9.78 Å². The normalized spacial score (nSPS) is 14.0. The summed E-state index contributed by atoms with van der Waals surface area (Å²) in [4.78, 5) is 30.2. The van der Waals surface area contributed by atoms with E-state index in [0.29, 0.717) is 28.8 Å². The van der Waals surface area contributed by atoms with Crippen LogP contribution < -0.4 is 10.3 Å². The van der Waals surface area contributed by atoms with Gasteiger partial charge in [-0.05, 0) is 37.1 Å². The first kappa shape index (κ1) is 19.2. The van der Waals surface area contributed by atoms with Crippen LogP contribution in [0, 0.1) is 0 Å². The summed E-state index contributed by atoms with van der Waals surface area (Å²) in [5.41, 5.74) is 1.70. The lowest BCUT2D eigenvalue weighted by atomic mass is 10.1. The number of aromatic nitrogens is 2. The molecule has 0 atom stereocenters. The predicted molar refractivity (Wildman–Crippen MR) is 110 cm³/mol. The number of nitrogens with zero attached hydrogens (tertiary/aromatic N) is 2. The summed E-state index contributed by atoms with van der Waals surface area (Å²) >= 11 is 0. The van der Waals surface area contributed by atoms with Crippen molar-refractivity contribution < 1.29 is 14.3 Å². The average Bonchev–Trinajstić information content (AvgIpc) is 2.73. The van der Waals surface area contributed by atoms with Gasteiger partial charge in [0, 0.05) is 18.5 Å². The Bertz CT molecular complexity index is 1100. The van der Waals surface area contributed by atoms with Crippen LogP contribution in [-0.4, -0.2) is 22.6 Å². The second kappa shape index (κ2) is 8.47. The van der Waals surface area contributed by atoms with E-state index in [1.54, 1.807) is 29.9 Å². The van der Waals surface area contributed by atoms with Gasteiger partial charge in [-0.15, -0.1) is 0 Å². The number of fused-ring (bicyclic) bond motifs is 2. The minimum Gasteiger partial charge on any atom is -0.496 e. The minimum absolute atomic E-state index is 0.0270. The van der Waals surface area contributed by atoms with Crippen LogP contribution in [0.25, 0.3) is 10.9 Å². The molecule has 1 aliphatic heterocycles. The van der Waals surface area contributed by atoms with E-state index in [4.69, 9.17) is 14.5 Å². The van der Waals surface area contributed by atoms with Crippen molar-refractivity contribution in [2.45, 2.75) is 45.3 Å². The number of aryl methyl sites for hydroxylation is 1. The first-order valence-corrected chi connectivity index (χ1v) is 10.00. The molecule has 0 bridgehead atoms. The molecule has 0 fully saturated rings. The monoisotopic (exact) mass is 392 g/mol. The van der Waals surface area contributed by atoms with Gasteiger partial charge >= 0.3 is 5.97 Å². The Kier molecular flexibility index (Phi) is 5.60. The fourth-order valence-corrected chi connectivity index (χ4v) is 3.77. The number of hydrogen-bond donors (Lipinski definition) is 0. The molecule has 0 amide bonds. The lowest BCUT2D eigenvalue weighted by molar-refractivity contribution is 0.0470. The Morgan fingerprint density at radius 2 is 1.93 bits per heavy atom. The minimum atomic E-state index is -0.452. The molecule has 0 spiro atoms. The van der Waals surface area contributed by atoms with Gasteiger partial charge in [-0.3, -0.25) is 9.36 Å². The highest BCUT2D eigenvalue weighted by Crippen LogP contribution is 2.20. The van der Waals surface area contributed by atoms with E-state index < -0.39 is 5.97 Å². The van der Waals surface area contributed by atoms with Crippen molar-refractivity contribution in [1.29, 1.82) is 0 Å². The van der Waals surface area contributed by atoms with Crippen molar-refractivity contribution in [3.8, 4) is 5.75 Å². The molecule has 2 heterocycles. The molecule has 4 rings (SSSR count). The Hall–Kier alpha value is -3.15. The third kappa shape index (κ3) is 4.01. The topological polar surface area (TPSA) is 70.4 Å². The number of ether oxygens (including phenoxy) is 2. The zero-order valence-electron chi connectivity index (χ0n) is 16.5. The number of methoxy groups -OCH3 is 1. The molecule has 0 aliphatic carbocycles. The Labute approximate surface area is 169 Å². The van der Waals surface area contributed by atoms with Crippen molar-refractivity contribution >= 4 is 16.9 Å². The quantitative estimate of drug-likeness (QED) is 0.630. The van der Waals surface area contributed by atoms with Crippen molar-refractivity contribution in [3.05, 3.63) is 69.8 Å². The van der Waals surface area contributed by atoms with Crippen molar-refractivity contribution in [1.82, 2.24) is 9.55 Å². The van der Waals surface area contributed by atoms with Crippen LogP contribution in [0.3, 0.4) is 0 Å². The Morgan fingerprint density at radius 1 is 1.10 bits per heavy atom. The fourth-order valence-electron chi connectivity index (χ4n) is 3.77. The zero-order chi connectivity index (χ0) is 20.2. The maximum absolute atomic E-state index is 12.9. The highest BCUT2D eigenvalue weighted by Gasteiger charge is 2.16. The van der Waals surface area contributed by atoms with Gasteiger partial charge < -0.3 is 9.47 Å². The molecule has 0 N–H and O–H groups in total. The second-order valence-electron chi connectivity index (χ2n) is 7.27. The van der Waals surface area contributed by atoms with E-state index >= 15 is 0 Å². The van der Waals surface area contributed by atoms with Gasteiger partial charge in [0.1, 0.15) is 18.2 Å². The zero-order valence-corrected chi connectivity index (χ0v) is 16.5. The Morgan fingerprint density at radius 3 is 2.79 bits per heavy atom. The third-order valence-electron chi connectivity index (χ3n) is 5.35. The molecular weight excluding hydrogens is 368 g/mol. The van der Waals surface area contributed by atoms with Gasteiger partial charge in [0.15, 0.2) is 0 Å². The number of carbonyl (C=O) groups excluding carboxylic acids is 1. The van der Waals surface area contributed by atoms with Crippen LogP contribution in [0.5, 0.6) is 5.75 Å². The highest BCUT2D eigenvalue weighted by molar-refractivity contribution is 5.94. The fraction of sp³-hybridized carbons (Fsp3) is 0.348. The summed E-state index contributed by atoms with van der Waals surface area (Å²) in [7, 11) is 1.58. The number of para-hydroxylation sites is 1. The number of rotatable bonds is 4. The van der Waals surface area contributed by atoms with Gasteiger partial charge in [-0.2, -0.15) is 0 Å². The van der Waals surface area contributed by atoms with Crippen LogP contribution in [0.1, 0.15) is 47.4 Å². The molecule has 0 radical (unpaired) electrons. The molecule has 2 aromatic carbocycles. The van der Waals surface area contributed by atoms with E-state index in [1.165, 1.54) is 0 Å². The van der Waals surface area contributed by atoms with E-state index in [9.17, 15) is 9.59 Å².